The highest BCUT2D eigenvalue weighted by Crippen LogP contribution is 2.17. The molecule has 22 heavy (non-hydrogen) atoms. The van der Waals surface area contributed by atoms with Crippen LogP contribution in [0.15, 0.2) is 18.3 Å². The summed E-state index contributed by atoms with van der Waals surface area (Å²) in [7, 11) is 1.28. The molecule has 0 bridgehead atoms. The van der Waals surface area contributed by atoms with Crippen LogP contribution >= 0.6 is 0 Å². The molecular formula is C15H19N3O4. The second-order valence-corrected chi connectivity index (χ2v) is 5.32. The lowest BCUT2D eigenvalue weighted by Gasteiger charge is -2.28. The molecule has 1 aromatic heterocycles. The normalized spacial score (nSPS) is 14.4. The summed E-state index contributed by atoms with van der Waals surface area (Å²) in [5, 5.41) is 2.89. The lowest BCUT2D eigenvalue weighted by atomic mass is 10.2. The number of aromatic nitrogens is 1. The van der Waals surface area contributed by atoms with E-state index in [1.165, 1.54) is 35.5 Å². The number of carbonyl (C=O) groups is 3. The maximum absolute atomic E-state index is 12.5. The molecule has 0 N–H and O–H groups in total. The highest BCUT2D eigenvalue weighted by atomic mass is 16.5. The molecule has 1 fully saturated rings. The first-order valence-electron chi connectivity index (χ1n) is 7.13. The molecule has 0 saturated carbocycles. The van der Waals surface area contributed by atoms with Gasteiger partial charge in [0.25, 0.3) is 5.91 Å². The number of rotatable bonds is 3. The Kier molecular flexibility index (Phi) is 4.75. The van der Waals surface area contributed by atoms with Crippen LogP contribution in [0.25, 0.3) is 0 Å². The molecule has 7 heteroatoms. The predicted molar refractivity (Wildman–Crippen MR) is 77.8 cm³/mol. The fraction of sp³-hybridized carbons (Fsp3) is 0.467. The van der Waals surface area contributed by atoms with E-state index in [-0.39, 0.29) is 29.0 Å². The Hall–Kier alpha value is -2.44. The van der Waals surface area contributed by atoms with Crippen molar-refractivity contribution in [2.75, 3.05) is 20.2 Å². The Labute approximate surface area is 128 Å². The molecule has 2 amide bonds. The summed E-state index contributed by atoms with van der Waals surface area (Å²) >= 11 is 0. The first-order chi connectivity index (χ1) is 10.5. The molecule has 0 aromatic carbocycles. The van der Waals surface area contributed by atoms with E-state index in [9.17, 15) is 14.4 Å². The molecule has 0 radical (unpaired) electrons. The zero-order valence-electron chi connectivity index (χ0n) is 12.9. The summed E-state index contributed by atoms with van der Waals surface area (Å²) in [5.74, 6) is -1.12. The molecule has 0 aliphatic carbocycles. The maximum atomic E-state index is 12.5. The summed E-state index contributed by atoms with van der Waals surface area (Å²) < 4.78 is 4.58. The Morgan fingerprint density at radius 3 is 2.41 bits per heavy atom. The third-order valence-electron chi connectivity index (χ3n) is 3.42. The van der Waals surface area contributed by atoms with Crippen molar-refractivity contribution in [3.05, 3.63) is 29.6 Å². The first kappa shape index (κ1) is 15.9. The lowest BCUT2D eigenvalue weighted by molar-refractivity contribution is -0.143. The second-order valence-electron chi connectivity index (χ2n) is 5.32. The first-order valence-corrected chi connectivity index (χ1v) is 7.13. The number of carbonyl (C=O) groups excluding carboxylic acids is 3. The van der Waals surface area contributed by atoms with Gasteiger partial charge in [-0.2, -0.15) is 0 Å². The number of amides is 2. The van der Waals surface area contributed by atoms with Crippen molar-refractivity contribution in [1.29, 1.82) is 0 Å². The van der Waals surface area contributed by atoms with Gasteiger partial charge < -0.3 is 4.74 Å². The minimum atomic E-state index is -0.510. The maximum Gasteiger partial charge on any atom is 0.339 e. The monoisotopic (exact) mass is 305 g/mol. The third kappa shape index (κ3) is 3.08. The predicted octanol–water partition coefficient (Wildman–Crippen LogP) is 1.11. The summed E-state index contributed by atoms with van der Waals surface area (Å²) in [4.78, 5) is 40.0. The summed E-state index contributed by atoms with van der Waals surface area (Å²) in [6.45, 7) is 4.61. The number of hydrazine groups is 1. The van der Waals surface area contributed by atoms with Crippen LogP contribution in [0.3, 0.4) is 0 Å². The molecule has 0 unspecified atom stereocenters. The standard InChI is InChI=1S/C15H19N3O4/c1-10(2)13(19)17-7-4-8-18(17)14(20)12-6-5-11(9-16-12)15(21)22-3/h5-6,9-10H,4,7-8H2,1-3H3. The Morgan fingerprint density at radius 1 is 1.18 bits per heavy atom. The van der Waals surface area contributed by atoms with Gasteiger partial charge in [-0.1, -0.05) is 13.8 Å². The van der Waals surface area contributed by atoms with Crippen molar-refractivity contribution in [3.8, 4) is 0 Å². The van der Waals surface area contributed by atoms with Gasteiger partial charge in [-0.25, -0.2) is 9.80 Å². The lowest BCUT2D eigenvalue weighted by Crippen LogP contribution is -2.46. The van der Waals surface area contributed by atoms with Crippen LogP contribution in [0.1, 0.15) is 41.1 Å². The topological polar surface area (TPSA) is 79.8 Å². The van der Waals surface area contributed by atoms with Gasteiger partial charge in [0.05, 0.1) is 12.7 Å². The molecule has 1 aliphatic rings. The molecule has 1 aliphatic heterocycles. The van der Waals surface area contributed by atoms with Crippen LogP contribution < -0.4 is 0 Å². The van der Waals surface area contributed by atoms with Crippen molar-refractivity contribution in [2.45, 2.75) is 20.3 Å². The smallest absolute Gasteiger partial charge is 0.339 e. The van der Waals surface area contributed by atoms with Crippen LogP contribution in [0.4, 0.5) is 0 Å². The van der Waals surface area contributed by atoms with Crippen molar-refractivity contribution in [1.82, 2.24) is 15.0 Å². The van der Waals surface area contributed by atoms with E-state index in [0.717, 1.165) is 6.42 Å². The quantitative estimate of drug-likeness (QED) is 0.782. The van der Waals surface area contributed by atoms with Gasteiger partial charge in [0.1, 0.15) is 5.69 Å². The van der Waals surface area contributed by atoms with Gasteiger partial charge in [0, 0.05) is 25.2 Å². The minimum absolute atomic E-state index is 0.0861. The number of hydrogen-bond acceptors (Lipinski definition) is 5. The second kappa shape index (κ2) is 6.55. The number of ether oxygens (including phenoxy) is 1. The van der Waals surface area contributed by atoms with Crippen LogP contribution in [-0.4, -0.2) is 53.0 Å². The van der Waals surface area contributed by atoms with E-state index in [4.69, 9.17) is 0 Å². The van der Waals surface area contributed by atoms with Crippen molar-refractivity contribution < 1.29 is 19.1 Å². The molecule has 2 rings (SSSR count). The zero-order valence-corrected chi connectivity index (χ0v) is 12.9. The van der Waals surface area contributed by atoms with Gasteiger partial charge in [0.2, 0.25) is 5.91 Å². The Bertz CT molecular complexity index is 583. The largest absolute Gasteiger partial charge is 0.465 e. The average Bonchev–Trinajstić information content (AvgIpc) is 3.02. The molecule has 2 heterocycles. The third-order valence-corrected chi connectivity index (χ3v) is 3.42. The summed E-state index contributed by atoms with van der Waals surface area (Å²) in [6.07, 6.45) is 2.04. The van der Waals surface area contributed by atoms with E-state index in [0.29, 0.717) is 13.1 Å². The van der Waals surface area contributed by atoms with Gasteiger partial charge in [-0.05, 0) is 18.6 Å². The van der Waals surface area contributed by atoms with Crippen molar-refractivity contribution >= 4 is 17.8 Å². The molecule has 1 saturated heterocycles. The number of pyridine rings is 1. The molecule has 118 valence electrons. The van der Waals surface area contributed by atoms with Gasteiger partial charge >= 0.3 is 5.97 Å². The highest BCUT2D eigenvalue weighted by molar-refractivity contribution is 5.95. The van der Waals surface area contributed by atoms with Crippen LogP contribution in [0.2, 0.25) is 0 Å². The van der Waals surface area contributed by atoms with Crippen molar-refractivity contribution in [3.63, 3.8) is 0 Å². The van der Waals surface area contributed by atoms with Gasteiger partial charge in [0.15, 0.2) is 0 Å². The molecular weight excluding hydrogens is 286 g/mol. The molecule has 7 nitrogen and oxygen atoms in total. The van der Waals surface area contributed by atoms with E-state index < -0.39 is 5.97 Å². The summed E-state index contributed by atoms with van der Waals surface area (Å²) in [5.41, 5.74) is 0.465. The van der Waals surface area contributed by atoms with E-state index in [2.05, 4.69) is 9.72 Å². The van der Waals surface area contributed by atoms with Crippen LogP contribution in [0.5, 0.6) is 0 Å². The van der Waals surface area contributed by atoms with Crippen molar-refractivity contribution in [2.24, 2.45) is 5.92 Å². The van der Waals surface area contributed by atoms with Crippen LogP contribution in [0, 0.1) is 5.92 Å². The minimum Gasteiger partial charge on any atom is -0.465 e. The van der Waals surface area contributed by atoms with Crippen LogP contribution in [-0.2, 0) is 9.53 Å². The van der Waals surface area contributed by atoms with E-state index in [1.807, 2.05) is 0 Å². The van der Waals surface area contributed by atoms with E-state index in [1.54, 1.807) is 13.8 Å². The molecule has 0 spiro atoms. The zero-order chi connectivity index (χ0) is 16.3. The molecule has 0 atom stereocenters. The highest BCUT2D eigenvalue weighted by Gasteiger charge is 2.32. The fourth-order valence-electron chi connectivity index (χ4n) is 2.24. The Balaban J connectivity index is 2.16. The number of methoxy groups -OCH3 is 1. The molecule has 1 aromatic rings. The number of esters is 1. The number of hydrogen-bond donors (Lipinski definition) is 0. The Morgan fingerprint density at radius 2 is 1.86 bits per heavy atom. The van der Waals surface area contributed by atoms with Gasteiger partial charge in [-0.3, -0.25) is 19.6 Å². The van der Waals surface area contributed by atoms with Gasteiger partial charge in [-0.15, -0.1) is 0 Å². The fourth-order valence-corrected chi connectivity index (χ4v) is 2.24. The number of nitrogens with zero attached hydrogens (tertiary/aromatic N) is 3. The SMILES string of the molecule is COC(=O)c1ccc(C(=O)N2CCCN2C(=O)C(C)C)nc1. The summed E-state index contributed by atoms with van der Waals surface area (Å²) in [6, 6.07) is 2.95. The van der Waals surface area contributed by atoms with E-state index >= 15 is 0 Å². The average molecular weight is 305 g/mol.